The maximum Gasteiger partial charge on any atom is 0.255 e. The first kappa shape index (κ1) is 12.5. The Labute approximate surface area is 111 Å². The number of carbonyl (C=O) groups is 1. The van der Waals surface area contributed by atoms with Crippen LogP contribution in [0.2, 0.25) is 0 Å². The zero-order chi connectivity index (χ0) is 13.5. The monoisotopic (exact) mass is 264 g/mol. The zero-order valence-electron chi connectivity index (χ0n) is 10.7. The normalized spacial score (nSPS) is 25.2. The van der Waals surface area contributed by atoms with Crippen molar-refractivity contribution in [3.63, 3.8) is 0 Å². The van der Waals surface area contributed by atoms with Gasteiger partial charge in [-0.25, -0.2) is 4.39 Å². The van der Waals surface area contributed by atoms with Crippen molar-refractivity contribution in [3.05, 3.63) is 29.8 Å². The molecule has 1 saturated carbocycles. The van der Waals surface area contributed by atoms with Crippen molar-refractivity contribution < 1.29 is 14.3 Å². The van der Waals surface area contributed by atoms with E-state index >= 15 is 0 Å². The lowest BCUT2D eigenvalue weighted by atomic mass is 9.90. The van der Waals surface area contributed by atoms with Gasteiger partial charge in [0.1, 0.15) is 5.82 Å². The summed E-state index contributed by atoms with van der Waals surface area (Å²) in [5, 5.41) is 10.2. The number of carbonyl (C=O) groups excluding carboxylic acids is 1. The predicted octanol–water partition coefficient (Wildman–Crippen LogP) is 1.60. The summed E-state index contributed by atoms with van der Waals surface area (Å²) in [4.78, 5) is 17.7. The number of pyridine rings is 1. The van der Waals surface area contributed by atoms with Crippen LogP contribution in [0.4, 0.5) is 4.39 Å². The molecule has 2 fully saturated rings. The number of aliphatic hydroxyl groups is 1. The number of piperidine rings is 1. The molecule has 1 N–H and O–H groups in total. The molecule has 5 heteroatoms. The van der Waals surface area contributed by atoms with Crippen molar-refractivity contribution in [1.82, 2.24) is 9.88 Å². The van der Waals surface area contributed by atoms with Crippen LogP contribution in [-0.2, 0) is 0 Å². The number of halogens is 1. The Bertz CT molecular complexity index is 502. The molecule has 1 aliphatic carbocycles. The minimum Gasteiger partial charge on any atom is -0.390 e. The Morgan fingerprint density at radius 3 is 2.95 bits per heavy atom. The number of hydrogen-bond acceptors (Lipinski definition) is 3. The average Bonchev–Trinajstić information content (AvgIpc) is 3.17. The summed E-state index contributed by atoms with van der Waals surface area (Å²) in [6.07, 6.45) is 6.00. The highest BCUT2D eigenvalue weighted by molar-refractivity contribution is 5.94. The summed E-state index contributed by atoms with van der Waals surface area (Å²) < 4.78 is 13.1. The van der Waals surface area contributed by atoms with Crippen LogP contribution in [-0.4, -0.2) is 39.6 Å². The first-order valence-corrected chi connectivity index (χ1v) is 6.71. The second-order valence-corrected chi connectivity index (χ2v) is 5.59. The van der Waals surface area contributed by atoms with Gasteiger partial charge in [-0.2, -0.15) is 0 Å². The van der Waals surface area contributed by atoms with Gasteiger partial charge in [-0.3, -0.25) is 9.78 Å². The molecule has 0 spiro atoms. The van der Waals surface area contributed by atoms with Crippen molar-refractivity contribution in [2.24, 2.45) is 5.92 Å². The van der Waals surface area contributed by atoms with Crippen molar-refractivity contribution in [1.29, 1.82) is 0 Å². The number of rotatable bonds is 2. The van der Waals surface area contributed by atoms with E-state index < -0.39 is 11.4 Å². The van der Waals surface area contributed by atoms with Gasteiger partial charge in [-0.05, 0) is 31.7 Å². The molecular formula is C14H17FN2O2. The quantitative estimate of drug-likeness (QED) is 0.882. The molecule has 1 aliphatic heterocycles. The van der Waals surface area contributed by atoms with Crippen molar-refractivity contribution in [2.75, 3.05) is 13.1 Å². The number of likely N-dealkylation sites (tertiary alicyclic amines) is 1. The minimum atomic E-state index is -0.556. The number of nitrogens with zero attached hydrogens (tertiary/aromatic N) is 2. The number of aromatic nitrogens is 1. The van der Waals surface area contributed by atoms with Crippen LogP contribution in [0.15, 0.2) is 18.5 Å². The minimum absolute atomic E-state index is 0.159. The molecule has 3 rings (SSSR count). The summed E-state index contributed by atoms with van der Waals surface area (Å²) in [6, 6.07) is 1.21. The van der Waals surface area contributed by atoms with Gasteiger partial charge in [-0.1, -0.05) is 0 Å². The van der Waals surface area contributed by atoms with Gasteiger partial charge in [0.2, 0.25) is 0 Å². The van der Waals surface area contributed by atoms with Crippen LogP contribution < -0.4 is 0 Å². The number of hydrogen-bond donors (Lipinski definition) is 1. The summed E-state index contributed by atoms with van der Waals surface area (Å²) in [5.41, 5.74) is -0.275. The largest absolute Gasteiger partial charge is 0.390 e. The van der Waals surface area contributed by atoms with E-state index in [9.17, 15) is 14.3 Å². The Balaban J connectivity index is 1.73. The molecule has 1 amide bonds. The van der Waals surface area contributed by atoms with Crippen molar-refractivity contribution >= 4 is 5.91 Å². The molecule has 0 radical (unpaired) electrons. The third kappa shape index (κ3) is 2.47. The Morgan fingerprint density at radius 2 is 2.26 bits per heavy atom. The van der Waals surface area contributed by atoms with Gasteiger partial charge < -0.3 is 10.0 Å². The lowest BCUT2D eigenvalue weighted by Gasteiger charge is -2.35. The Kier molecular flexibility index (Phi) is 3.01. The second-order valence-electron chi connectivity index (χ2n) is 5.59. The molecule has 4 nitrogen and oxygen atoms in total. The molecule has 1 atom stereocenters. The van der Waals surface area contributed by atoms with E-state index in [-0.39, 0.29) is 17.4 Å². The fourth-order valence-corrected chi connectivity index (χ4v) is 2.85. The van der Waals surface area contributed by atoms with Crippen LogP contribution >= 0.6 is 0 Å². The van der Waals surface area contributed by atoms with Crippen LogP contribution in [0, 0.1) is 11.7 Å². The first-order valence-electron chi connectivity index (χ1n) is 6.71. The van der Waals surface area contributed by atoms with E-state index in [2.05, 4.69) is 4.98 Å². The summed E-state index contributed by atoms with van der Waals surface area (Å²) in [6.45, 7) is 1.23. The van der Waals surface area contributed by atoms with Gasteiger partial charge in [0, 0.05) is 25.2 Å². The summed E-state index contributed by atoms with van der Waals surface area (Å²) in [7, 11) is 0. The smallest absolute Gasteiger partial charge is 0.255 e. The van der Waals surface area contributed by atoms with E-state index in [0.29, 0.717) is 13.1 Å². The molecule has 0 bridgehead atoms. The van der Waals surface area contributed by atoms with Gasteiger partial charge in [0.25, 0.3) is 5.91 Å². The second kappa shape index (κ2) is 4.56. The highest BCUT2D eigenvalue weighted by Gasteiger charge is 2.49. The summed E-state index contributed by atoms with van der Waals surface area (Å²) in [5.74, 6) is -0.534. The Morgan fingerprint density at radius 1 is 1.47 bits per heavy atom. The molecule has 19 heavy (non-hydrogen) atoms. The van der Waals surface area contributed by atoms with Gasteiger partial charge in [0.15, 0.2) is 0 Å². The maximum absolute atomic E-state index is 13.1. The van der Waals surface area contributed by atoms with Crippen molar-refractivity contribution in [3.8, 4) is 0 Å². The van der Waals surface area contributed by atoms with E-state index in [1.165, 1.54) is 12.3 Å². The Hall–Kier alpha value is -1.49. The van der Waals surface area contributed by atoms with Gasteiger partial charge in [0.05, 0.1) is 17.4 Å². The van der Waals surface area contributed by atoms with Crippen molar-refractivity contribution in [2.45, 2.75) is 31.3 Å². The van der Waals surface area contributed by atoms with Crippen LogP contribution in [0.3, 0.4) is 0 Å². The fraction of sp³-hybridized carbons (Fsp3) is 0.571. The highest BCUT2D eigenvalue weighted by atomic mass is 19.1. The molecule has 1 aromatic heterocycles. The topological polar surface area (TPSA) is 53.4 Å². The van der Waals surface area contributed by atoms with Crippen LogP contribution in [0.1, 0.15) is 36.0 Å². The van der Waals surface area contributed by atoms with E-state index in [1.54, 1.807) is 4.90 Å². The molecule has 2 heterocycles. The standard InChI is InChI=1S/C14H17FN2O2/c15-12-6-10(7-16-8-12)13(18)17-5-1-2-11(9-17)14(19)3-4-14/h6-8,11,19H,1-5,9H2. The van der Waals surface area contributed by atoms with Crippen LogP contribution in [0.5, 0.6) is 0 Å². The third-order valence-corrected chi connectivity index (χ3v) is 4.18. The molecule has 0 aromatic carbocycles. The van der Waals surface area contributed by atoms with E-state index in [1.807, 2.05) is 0 Å². The molecule has 1 saturated heterocycles. The third-order valence-electron chi connectivity index (χ3n) is 4.18. The molecule has 2 aliphatic rings. The lowest BCUT2D eigenvalue weighted by molar-refractivity contribution is 0.0282. The van der Waals surface area contributed by atoms with Gasteiger partial charge in [-0.15, -0.1) is 0 Å². The molecular weight excluding hydrogens is 247 g/mol. The predicted molar refractivity (Wildman–Crippen MR) is 67.0 cm³/mol. The summed E-state index contributed by atoms with van der Waals surface area (Å²) >= 11 is 0. The highest BCUT2D eigenvalue weighted by Crippen LogP contribution is 2.45. The van der Waals surface area contributed by atoms with Gasteiger partial charge >= 0.3 is 0 Å². The molecule has 102 valence electrons. The first-order chi connectivity index (χ1) is 9.08. The fourth-order valence-electron chi connectivity index (χ4n) is 2.85. The lowest BCUT2D eigenvalue weighted by Crippen LogP contribution is -2.44. The molecule has 1 unspecified atom stereocenters. The van der Waals surface area contributed by atoms with E-state index in [4.69, 9.17) is 0 Å². The van der Waals surface area contributed by atoms with Crippen LogP contribution in [0.25, 0.3) is 0 Å². The maximum atomic E-state index is 13.1. The van der Waals surface area contributed by atoms with E-state index in [0.717, 1.165) is 31.9 Å². The zero-order valence-corrected chi connectivity index (χ0v) is 10.7. The average molecular weight is 264 g/mol. The number of amides is 1. The SMILES string of the molecule is O=C(c1cncc(F)c1)N1CCCC(C2(O)CC2)C1. The molecule has 1 aromatic rings.